The van der Waals surface area contributed by atoms with Crippen LogP contribution in [-0.2, 0) is 9.59 Å². The third-order valence-electron chi connectivity index (χ3n) is 3.36. The van der Waals surface area contributed by atoms with Crippen molar-refractivity contribution in [2.24, 2.45) is 11.7 Å². The Morgan fingerprint density at radius 3 is 2.61 bits per heavy atom. The molecule has 1 aliphatic rings. The Labute approximate surface area is 115 Å². The van der Waals surface area contributed by atoms with Crippen molar-refractivity contribution in [3.8, 4) is 0 Å². The van der Waals surface area contributed by atoms with Gasteiger partial charge < -0.3 is 16.0 Å². The molecule has 0 aromatic heterocycles. The van der Waals surface area contributed by atoms with Crippen molar-refractivity contribution in [3.05, 3.63) is 0 Å². The van der Waals surface area contributed by atoms with Gasteiger partial charge in [0.25, 0.3) is 0 Å². The molecular weight excluding hydrogens is 254 g/mol. The Balaban J connectivity index is 0.00000289. The normalized spacial score (nSPS) is 19.0. The van der Waals surface area contributed by atoms with Crippen LogP contribution >= 0.6 is 12.4 Å². The van der Waals surface area contributed by atoms with E-state index in [1.807, 2.05) is 4.90 Å². The highest BCUT2D eigenvalue weighted by molar-refractivity contribution is 5.89. The zero-order valence-corrected chi connectivity index (χ0v) is 12.0. The lowest BCUT2D eigenvalue weighted by Crippen LogP contribution is -2.38. The summed E-state index contributed by atoms with van der Waals surface area (Å²) in [4.78, 5) is 25.4. The van der Waals surface area contributed by atoms with Gasteiger partial charge in [-0.05, 0) is 12.8 Å². The molecule has 106 valence electrons. The molecule has 1 heterocycles. The van der Waals surface area contributed by atoms with Crippen LogP contribution < -0.4 is 11.1 Å². The molecule has 0 saturated carbocycles. The number of rotatable bonds is 6. The monoisotopic (exact) mass is 277 g/mol. The van der Waals surface area contributed by atoms with E-state index in [0.29, 0.717) is 26.1 Å². The molecule has 2 amide bonds. The van der Waals surface area contributed by atoms with E-state index in [-0.39, 0.29) is 36.2 Å². The molecular formula is C12H24ClN3O2. The Kier molecular flexibility index (Phi) is 7.95. The van der Waals surface area contributed by atoms with E-state index in [1.54, 1.807) is 0 Å². The van der Waals surface area contributed by atoms with Crippen molar-refractivity contribution >= 4 is 24.2 Å². The van der Waals surface area contributed by atoms with Crippen LogP contribution in [0.2, 0.25) is 0 Å². The molecule has 1 unspecified atom stereocenters. The van der Waals surface area contributed by atoms with E-state index in [4.69, 9.17) is 5.73 Å². The number of hydrogen-bond acceptors (Lipinski definition) is 3. The van der Waals surface area contributed by atoms with E-state index < -0.39 is 0 Å². The van der Waals surface area contributed by atoms with Crippen LogP contribution in [0.25, 0.3) is 0 Å². The number of amides is 2. The summed E-state index contributed by atoms with van der Waals surface area (Å²) >= 11 is 0. The Morgan fingerprint density at radius 1 is 1.50 bits per heavy atom. The average Bonchev–Trinajstić information content (AvgIpc) is 2.70. The van der Waals surface area contributed by atoms with Crippen LogP contribution in [0, 0.1) is 5.92 Å². The molecule has 1 rings (SSSR count). The van der Waals surface area contributed by atoms with Gasteiger partial charge in [-0.2, -0.15) is 0 Å². The summed E-state index contributed by atoms with van der Waals surface area (Å²) in [5.41, 5.74) is 5.33. The maximum Gasteiger partial charge on any atom is 0.225 e. The molecule has 0 bridgehead atoms. The van der Waals surface area contributed by atoms with Crippen LogP contribution in [0.1, 0.15) is 33.1 Å². The van der Waals surface area contributed by atoms with Crippen LogP contribution in [0.5, 0.6) is 0 Å². The summed E-state index contributed by atoms with van der Waals surface area (Å²) in [6.45, 7) is 5.62. The molecule has 1 atom stereocenters. The average molecular weight is 278 g/mol. The Hall–Kier alpha value is -0.810. The zero-order chi connectivity index (χ0) is 12.8. The Morgan fingerprint density at radius 2 is 2.11 bits per heavy atom. The number of nitrogens with one attached hydrogen (secondary N) is 1. The van der Waals surface area contributed by atoms with Gasteiger partial charge in [-0.1, -0.05) is 13.8 Å². The lowest BCUT2D eigenvalue weighted by Gasteiger charge is -2.26. The fourth-order valence-electron chi connectivity index (χ4n) is 2.33. The van der Waals surface area contributed by atoms with Crippen molar-refractivity contribution < 1.29 is 9.59 Å². The summed E-state index contributed by atoms with van der Waals surface area (Å²) in [6.07, 6.45) is 2.23. The predicted molar refractivity (Wildman–Crippen MR) is 73.5 cm³/mol. The summed E-state index contributed by atoms with van der Waals surface area (Å²) in [7, 11) is 0. The number of carbonyl (C=O) groups is 2. The number of likely N-dealkylation sites (tertiary alicyclic amines) is 1. The molecule has 0 aromatic carbocycles. The maximum atomic E-state index is 11.8. The standard InChI is InChI=1S/C12H23N3O2.ClH/c1-3-10(4-2)15-8-9(7-11(15)16)12(17)14-6-5-13;/h9-10H,3-8,13H2,1-2H3,(H,14,17);1H. The van der Waals surface area contributed by atoms with E-state index >= 15 is 0 Å². The molecule has 1 aliphatic heterocycles. The quantitative estimate of drug-likeness (QED) is 0.743. The van der Waals surface area contributed by atoms with Gasteiger partial charge in [0, 0.05) is 32.1 Å². The minimum atomic E-state index is -0.199. The highest BCUT2D eigenvalue weighted by atomic mass is 35.5. The molecule has 3 N–H and O–H groups in total. The smallest absolute Gasteiger partial charge is 0.225 e. The highest BCUT2D eigenvalue weighted by Crippen LogP contribution is 2.22. The number of nitrogens with two attached hydrogens (primary N) is 1. The second-order valence-corrected chi connectivity index (χ2v) is 4.50. The van der Waals surface area contributed by atoms with Gasteiger partial charge in [-0.25, -0.2) is 0 Å². The van der Waals surface area contributed by atoms with Crippen LogP contribution in [0.15, 0.2) is 0 Å². The van der Waals surface area contributed by atoms with Gasteiger partial charge >= 0.3 is 0 Å². The third-order valence-corrected chi connectivity index (χ3v) is 3.36. The van der Waals surface area contributed by atoms with E-state index in [1.165, 1.54) is 0 Å². The first-order valence-corrected chi connectivity index (χ1v) is 6.41. The zero-order valence-electron chi connectivity index (χ0n) is 11.1. The van der Waals surface area contributed by atoms with Crippen molar-refractivity contribution in [1.82, 2.24) is 10.2 Å². The number of hydrogen-bond donors (Lipinski definition) is 2. The van der Waals surface area contributed by atoms with Gasteiger partial charge in [0.1, 0.15) is 0 Å². The molecule has 1 fully saturated rings. The molecule has 18 heavy (non-hydrogen) atoms. The van der Waals surface area contributed by atoms with Gasteiger partial charge in [0.15, 0.2) is 0 Å². The van der Waals surface area contributed by atoms with Crippen molar-refractivity contribution in [2.45, 2.75) is 39.2 Å². The molecule has 0 aromatic rings. The van der Waals surface area contributed by atoms with E-state index in [2.05, 4.69) is 19.2 Å². The first kappa shape index (κ1) is 17.2. The lowest BCUT2D eigenvalue weighted by molar-refractivity contribution is -0.130. The second kappa shape index (κ2) is 8.32. The third kappa shape index (κ3) is 4.14. The molecule has 5 nitrogen and oxygen atoms in total. The molecule has 6 heteroatoms. The lowest BCUT2D eigenvalue weighted by atomic mass is 10.1. The topological polar surface area (TPSA) is 75.4 Å². The first-order chi connectivity index (χ1) is 8.13. The number of nitrogens with zero attached hydrogens (tertiary/aromatic N) is 1. The highest BCUT2D eigenvalue weighted by Gasteiger charge is 2.36. The van der Waals surface area contributed by atoms with Crippen LogP contribution in [0.3, 0.4) is 0 Å². The summed E-state index contributed by atoms with van der Waals surface area (Å²) in [6, 6.07) is 0.273. The summed E-state index contributed by atoms with van der Waals surface area (Å²) < 4.78 is 0. The molecule has 1 saturated heterocycles. The fourth-order valence-corrected chi connectivity index (χ4v) is 2.33. The largest absolute Gasteiger partial charge is 0.355 e. The van der Waals surface area contributed by atoms with Gasteiger partial charge in [-0.15, -0.1) is 12.4 Å². The van der Waals surface area contributed by atoms with Crippen molar-refractivity contribution in [3.63, 3.8) is 0 Å². The SMILES string of the molecule is CCC(CC)N1CC(C(=O)NCCN)CC1=O.Cl. The minimum absolute atomic E-state index is 0. The maximum absolute atomic E-state index is 11.8. The first-order valence-electron chi connectivity index (χ1n) is 6.41. The number of halogens is 1. The van der Waals surface area contributed by atoms with Gasteiger partial charge in [0.05, 0.1) is 5.92 Å². The summed E-state index contributed by atoms with van der Waals surface area (Å²) in [5.74, 6) is -0.140. The fraction of sp³-hybridized carbons (Fsp3) is 0.833. The summed E-state index contributed by atoms with van der Waals surface area (Å²) in [5, 5.41) is 2.75. The second-order valence-electron chi connectivity index (χ2n) is 4.50. The van der Waals surface area contributed by atoms with Gasteiger partial charge in [-0.3, -0.25) is 9.59 Å². The van der Waals surface area contributed by atoms with Crippen molar-refractivity contribution in [2.75, 3.05) is 19.6 Å². The molecule has 0 spiro atoms. The molecule has 0 radical (unpaired) electrons. The van der Waals surface area contributed by atoms with E-state index in [0.717, 1.165) is 12.8 Å². The van der Waals surface area contributed by atoms with Crippen LogP contribution in [-0.4, -0.2) is 42.4 Å². The van der Waals surface area contributed by atoms with E-state index in [9.17, 15) is 9.59 Å². The van der Waals surface area contributed by atoms with Crippen LogP contribution in [0.4, 0.5) is 0 Å². The van der Waals surface area contributed by atoms with Gasteiger partial charge in [0.2, 0.25) is 11.8 Å². The minimum Gasteiger partial charge on any atom is -0.355 e. The molecule has 0 aliphatic carbocycles. The Bertz CT molecular complexity index is 282. The van der Waals surface area contributed by atoms with Crippen molar-refractivity contribution in [1.29, 1.82) is 0 Å². The number of carbonyl (C=O) groups excluding carboxylic acids is 2. The predicted octanol–water partition coefficient (Wildman–Crippen LogP) is 0.520.